The van der Waals surface area contributed by atoms with Crippen molar-refractivity contribution in [2.24, 2.45) is 5.73 Å². The van der Waals surface area contributed by atoms with Crippen molar-refractivity contribution >= 4 is 28.2 Å². The lowest BCUT2D eigenvalue weighted by molar-refractivity contribution is 0.100. The molecule has 0 spiro atoms. The maximum atomic E-state index is 12.4. The van der Waals surface area contributed by atoms with Crippen LogP contribution in [0.2, 0.25) is 0 Å². The van der Waals surface area contributed by atoms with Gasteiger partial charge in [0.2, 0.25) is 0 Å². The summed E-state index contributed by atoms with van der Waals surface area (Å²) in [4.78, 5) is 24.9. The highest BCUT2D eigenvalue weighted by Gasteiger charge is 2.19. The molecule has 128 valence electrons. The van der Waals surface area contributed by atoms with Crippen molar-refractivity contribution < 1.29 is 14.3 Å². The van der Waals surface area contributed by atoms with Gasteiger partial charge in [-0.3, -0.25) is 9.59 Å². The molecule has 0 radical (unpaired) electrons. The molecule has 2 amide bonds. The molecule has 5 nitrogen and oxygen atoms in total. The largest absolute Gasteiger partial charge is 0.494 e. The van der Waals surface area contributed by atoms with E-state index < -0.39 is 5.91 Å². The molecule has 6 heteroatoms. The maximum Gasteiger partial charge on any atom is 0.256 e. The summed E-state index contributed by atoms with van der Waals surface area (Å²) >= 11 is 1.35. The normalized spacial score (nSPS) is 10.5. The summed E-state index contributed by atoms with van der Waals surface area (Å²) in [5, 5.41) is 3.27. The van der Waals surface area contributed by atoms with Crippen molar-refractivity contribution in [3.05, 3.63) is 45.8 Å². The Morgan fingerprint density at radius 2 is 1.88 bits per heavy atom. The third-order valence-electron chi connectivity index (χ3n) is 3.74. The molecule has 0 aliphatic rings. The van der Waals surface area contributed by atoms with Crippen LogP contribution < -0.4 is 15.8 Å². The Balaban J connectivity index is 2.10. The highest BCUT2D eigenvalue weighted by molar-refractivity contribution is 7.16. The summed E-state index contributed by atoms with van der Waals surface area (Å²) in [6.07, 6.45) is 2.07. The number of hydrogen-bond acceptors (Lipinski definition) is 4. The summed E-state index contributed by atoms with van der Waals surface area (Å²) in [7, 11) is 0. The zero-order valence-corrected chi connectivity index (χ0v) is 15.0. The predicted octanol–water partition coefficient (Wildman–Crippen LogP) is 3.90. The van der Waals surface area contributed by atoms with Crippen LogP contribution in [-0.4, -0.2) is 18.4 Å². The lowest BCUT2D eigenvalue weighted by atomic mass is 10.1. The highest BCUT2D eigenvalue weighted by atomic mass is 32.1. The molecule has 0 fully saturated rings. The first-order valence-corrected chi connectivity index (χ1v) is 8.69. The number of thiophene rings is 1. The smallest absolute Gasteiger partial charge is 0.256 e. The molecule has 0 saturated carbocycles. The van der Waals surface area contributed by atoms with Gasteiger partial charge in [0, 0.05) is 10.4 Å². The standard InChI is InChI=1S/C18H22N2O3S/c1-4-5-10-23-14-8-6-13(7-9-14)17(22)20-18-15(16(19)21)11(2)12(3)24-18/h6-9H,4-5,10H2,1-3H3,(H2,19,21)(H,20,22). The maximum absolute atomic E-state index is 12.4. The molecular weight excluding hydrogens is 324 g/mol. The molecule has 0 bridgehead atoms. The molecule has 1 aromatic heterocycles. The van der Waals surface area contributed by atoms with Crippen LogP contribution in [0.1, 0.15) is 50.9 Å². The van der Waals surface area contributed by atoms with E-state index in [1.807, 2.05) is 13.8 Å². The lowest BCUT2D eigenvalue weighted by Gasteiger charge is -2.07. The average Bonchev–Trinajstić information content (AvgIpc) is 2.82. The zero-order valence-electron chi connectivity index (χ0n) is 14.1. The van der Waals surface area contributed by atoms with Gasteiger partial charge in [0.05, 0.1) is 12.2 Å². The lowest BCUT2D eigenvalue weighted by Crippen LogP contribution is -2.17. The van der Waals surface area contributed by atoms with E-state index in [9.17, 15) is 9.59 Å². The second-order valence-corrected chi connectivity index (χ2v) is 6.76. The van der Waals surface area contributed by atoms with Gasteiger partial charge in [-0.15, -0.1) is 11.3 Å². The Bertz CT molecular complexity index is 735. The molecule has 3 N–H and O–H groups in total. The SMILES string of the molecule is CCCCOc1ccc(C(=O)Nc2sc(C)c(C)c2C(N)=O)cc1. The van der Waals surface area contributed by atoms with E-state index in [4.69, 9.17) is 10.5 Å². The summed E-state index contributed by atoms with van der Waals surface area (Å²) in [6, 6.07) is 6.94. The quantitative estimate of drug-likeness (QED) is 0.746. The topological polar surface area (TPSA) is 81.4 Å². The molecule has 0 aliphatic heterocycles. The molecule has 0 unspecified atom stereocenters. The predicted molar refractivity (Wildman–Crippen MR) is 97.1 cm³/mol. The molecular formula is C18H22N2O3S. The van der Waals surface area contributed by atoms with Crippen LogP contribution in [0.4, 0.5) is 5.00 Å². The minimum atomic E-state index is -0.535. The molecule has 1 heterocycles. The number of primary amides is 1. The summed E-state index contributed by atoms with van der Waals surface area (Å²) in [5.74, 6) is -0.0775. The van der Waals surface area contributed by atoms with E-state index in [0.717, 1.165) is 29.0 Å². The van der Waals surface area contributed by atoms with Crippen LogP contribution in [0.15, 0.2) is 24.3 Å². The number of anilines is 1. The van der Waals surface area contributed by atoms with Crippen LogP contribution in [0, 0.1) is 13.8 Å². The number of nitrogens with two attached hydrogens (primary N) is 1. The van der Waals surface area contributed by atoms with E-state index in [2.05, 4.69) is 12.2 Å². The summed E-state index contributed by atoms with van der Waals surface area (Å²) in [6.45, 7) is 6.48. The molecule has 24 heavy (non-hydrogen) atoms. The van der Waals surface area contributed by atoms with Crippen LogP contribution in [0.25, 0.3) is 0 Å². The van der Waals surface area contributed by atoms with Gasteiger partial charge >= 0.3 is 0 Å². The number of carbonyl (C=O) groups excluding carboxylic acids is 2. The monoisotopic (exact) mass is 346 g/mol. The Hall–Kier alpha value is -2.34. The van der Waals surface area contributed by atoms with Gasteiger partial charge in [-0.1, -0.05) is 13.3 Å². The molecule has 0 atom stereocenters. The highest BCUT2D eigenvalue weighted by Crippen LogP contribution is 2.32. The fourth-order valence-electron chi connectivity index (χ4n) is 2.22. The number of unbranched alkanes of at least 4 members (excludes halogenated alkanes) is 1. The number of hydrogen-bond donors (Lipinski definition) is 2. The Morgan fingerprint density at radius 3 is 2.46 bits per heavy atom. The number of aryl methyl sites for hydroxylation is 1. The second kappa shape index (κ2) is 7.97. The van der Waals surface area contributed by atoms with Crippen LogP contribution in [0.5, 0.6) is 5.75 Å². The van der Waals surface area contributed by atoms with Crippen molar-refractivity contribution in [1.82, 2.24) is 0 Å². The number of rotatable bonds is 7. The summed E-state index contributed by atoms with van der Waals surface area (Å²) < 4.78 is 5.58. The van der Waals surface area contributed by atoms with Gasteiger partial charge in [-0.05, 0) is 50.1 Å². The van der Waals surface area contributed by atoms with Gasteiger partial charge in [-0.2, -0.15) is 0 Å². The molecule has 1 aromatic carbocycles. The number of ether oxygens (including phenoxy) is 1. The Labute approximate surface area is 145 Å². The first-order chi connectivity index (χ1) is 11.4. The number of nitrogens with one attached hydrogen (secondary N) is 1. The molecule has 2 aromatic rings. The van der Waals surface area contributed by atoms with E-state index in [0.29, 0.717) is 22.7 Å². The molecule has 0 saturated heterocycles. The van der Waals surface area contributed by atoms with Crippen LogP contribution in [-0.2, 0) is 0 Å². The minimum Gasteiger partial charge on any atom is -0.494 e. The van der Waals surface area contributed by atoms with Gasteiger partial charge in [-0.25, -0.2) is 0 Å². The number of benzene rings is 1. The first kappa shape index (κ1) is 18.0. The van der Waals surface area contributed by atoms with E-state index in [1.54, 1.807) is 24.3 Å². The van der Waals surface area contributed by atoms with Crippen molar-refractivity contribution in [1.29, 1.82) is 0 Å². The third-order valence-corrected chi connectivity index (χ3v) is 4.86. The van der Waals surface area contributed by atoms with Crippen LogP contribution >= 0.6 is 11.3 Å². The van der Waals surface area contributed by atoms with Crippen LogP contribution in [0.3, 0.4) is 0 Å². The number of carbonyl (C=O) groups is 2. The minimum absolute atomic E-state index is 0.279. The molecule has 2 rings (SSSR count). The van der Waals surface area contributed by atoms with Crippen molar-refractivity contribution in [2.45, 2.75) is 33.6 Å². The van der Waals surface area contributed by atoms with Gasteiger partial charge < -0.3 is 15.8 Å². The number of amides is 2. The fraction of sp³-hybridized carbons (Fsp3) is 0.333. The van der Waals surface area contributed by atoms with E-state index in [1.165, 1.54) is 11.3 Å². The van der Waals surface area contributed by atoms with E-state index >= 15 is 0 Å². The Kier molecular flexibility index (Phi) is 5.98. The zero-order chi connectivity index (χ0) is 17.7. The third kappa shape index (κ3) is 4.14. The van der Waals surface area contributed by atoms with Gasteiger partial charge in [0.25, 0.3) is 11.8 Å². The second-order valence-electron chi connectivity index (χ2n) is 5.53. The molecule has 0 aliphatic carbocycles. The Morgan fingerprint density at radius 1 is 1.21 bits per heavy atom. The first-order valence-electron chi connectivity index (χ1n) is 7.88. The van der Waals surface area contributed by atoms with E-state index in [-0.39, 0.29) is 5.91 Å². The fourth-order valence-corrected chi connectivity index (χ4v) is 3.28. The van der Waals surface area contributed by atoms with Gasteiger partial charge in [0.15, 0.2) is 0 Å². The summed E-state index contributed by atoms with van der Waals surface area (Å²) in [5.41, 5.74) is 7.11. The van der Waals surface area contributed by atoms with Crippen molar-refractivity contribution in [3.8, 4) is 5.75 Å². The van der Waals surface area contributed by atoms with Crippen molar-refractivity contribution in [2.75, 3.05) is 11.9 Å². The van der Waals surface area contributed by atoms with Crippen molar-refractivity contribution in [3.63, 3.8) is 0 Å². The average molecular weight is 346 g/mol. The van der Waals surface area contributed by atoms with Gasteiger partial charge in [0.1, 0.15) is 10.8 Å².